The first-order valence-corrected chi connectivity index (χ1v) is 5.07. The molecule has 0 saturated carbocycles. The van der Waals surface area contributed by atoms with Gasteiger partial charge < -0.3 is 0 Å². The van der Waals surface area contributed by atoms with E-state index in [0.29, 0.717) is 24.0 Å². The van der Waals surface area contributed by atoms with E-state index in [1.165, 1.54) is 0 Å². The highest BCUT2D eigenvalue weighted by Crippen LogP contribution is 2.25. The van der Waals surface area contributed by atoms with Gasteiger partial charge in [-0.3, -0.25) is 4.79 Å². The molecule has 0 heterocycles. The Hall–Kier alpha value is -1.18. The lowest BCUT2D eigenvalue weighted by Gasteiger charge is -2.16. The zero-order valence-corrected chi connectivity index (χ0v) is 8.27. The van der Waals surface area contributed by atoms with Gasteiger partial charge >= 0.3 is 0 Å². The van der Waals surface area contributed by atoms with Gasteiger partial charge in [-0.05, 0) is 42.5 Å². The summed E-state index contributed by atoms with van der Waals surface area (Å²) in [5, 5.41) is 0. The van der Waals surface area contributed by atoms with Crippen LogP contribution >= 0.6 is 0 Å². The van der Waals surface area contributed by atoms with Gasteiger partial charge in [0.05, 0.1) is 0 Å². The normalized spacial score (nSPS) is 15.4. The number of carbonyl (C=O) groups excluding carboxylic acids is 1. The second-order valence-corrected chi connectivity index (χ2v) is 3.73. The number of aryl methyl sites for hydroxylation is 1. The van der Waals surface area contributed by atoms with E-state index in [9.17, 15) is 9.18 Å². The molecule has 14 heavy (non-hydrogen) atoms. The minimum Gasteiger partial charge on any atom is -0.294 e. The second kappa shape index (κ2) is 3.52. The van der Waals surface area contributed by atoms with Crippen LogP contribution in [0.4, 0.5) is 4.39 Å². The molecule has 0 saturated heterocycles. The molecule has 0 amide bonds. The third-order valence-corrected chi connectivity index (χ3v) is 2.79. The Balaban J connectivity index is 2.57. The standard InChI is InChI=1S/C12H13FO/c1-2-8-6-10-9(11(13)7-8)4-3-5-12(10)14/h6-7H,2-5H2,1H3. The molecule has 1 nitrogen and oxygen atoms in total. The van der Waals surface area contributed by atoms with Crippen LogP contribution < -0.4 is 0 Å². The van der Waals surface area contributed by atoms with Gasteiger partial charge in [0.15, 0.2) is 5.78 Å². The van der Waals surface area contributed by atoms with Crippen molar-refractivity contribution in [3.05, 3.63) is 34.6 Å². The van der Waals surface area contributed by atoms with E-state index in [-0.39, 0.29) is 11.6 Å². The van der Waals surface area contributed by atoms with Crippen molar-refractivity contribution in [3.8, 4) is 0 Å². The van der Waals surface area contributed by atoms with Gasteiger partial charge in [-0.15, -0.1) is 0 Å². The Morgan fingerprint density at radius 3 is 2.86 bits per heavy atom. The third-order valence-electron chi connectivity index (χ3n) is 2.79. The molecule has 2 heteroatoms. The first-order valence-electron chi connectivity index (χ1n) is 5.07. The minimum absolute atomic E-state index is 0.0976. The van der Waals surface area contributed by atoms with Crippen LogP contribution in [0.5, 0.6) is 0 Å². The van der Waals surface area contributed by atoms with Crippen molar-refractivity contribution in [3.63, 3.8) is 0 Å². The first kappa shape index (κ1) is 9.38. The summed E-state index contributed by atoms with van der Waals surface area (Å²) in [5.41, 5.74) is 2.16. The fraction of sp³-hybridized carbons (Fsp3) is 0.417. The molecule has 0 N–H and O–H groups in total. The molecule has 0 spiro atoms. The van der Waals surface area contributed by atoms with Crippen LogP contribution in [-0.2, 0) is 12.8 Å². The molecule has 1 aromatic rings. The number of hydrogen-bond donors (Lipinski definition) is 0. The zero-order valence-electron chi connectivity index (χ0n) is 8.27. The fourth-order valence-electron chi connectivity index (χ4n) is 1.96. The zero-order chi connectivity index (χ0) is 10.1. The summed E-state index contributed by atoms with van der Waals surface area (Å²) in [4.78, 5) is 11.5. The average molecular weight is 192 g/mol. The van der Waals surface area contributed by atoms with E-state index in [1.54, 1.807) is 6.07 Å². The number of ketones is 1. The largest absolute Gasteiger partial charge is 0.294 e. The molecule has 1 aromatic carbocycles. The van der Waals surface area contributed by atoms with Crippen molar-refractivity contribution in [2.75, 3.05) is 0 Å². The number of hydrogen-bond acceptors (Lipinski definition) is 1. The molecule has 0 aliphatic heterocycles. The topological polar surface area (TPSA) is 17.1 Å². The molecule has 74 valence electrons. The summed E-state index contributed by atoms with van der Waals surface area (Å²) in [6.07, 6.45) is 2.84. The predicted molar refractivity (Wildman–Crippen MR) is 53.0 cm³/mol. The molecule has 0 radical (unpaired) electrons. The van der Waals surface area contributed by atoms with Gasteiger partial charge in [-0.1, -0.05) is 6.92 Å². The molecule has 1 aliphatic rings. The SMILES string of the molecule is CCc1cc(F)c2c(c1)C(=O)CCC2. The van der Waals surface area contributed by atoms with Crippen molar-refractivity contribution in [2.24, 2.45) is 0 Å². The van der Waals surface area contributed by atoms with Crippen LogP contribution in [0.15, 0.2) is 12.1 Å². The quantitative estimate of drug-likeness (QED) is 0.668. The van der Waals surface area contributed by atoms with Crippen LogP contribution in [-0.4, -0.2) is 5.78 Å². The van der Waals surface area contributed by atoms with E-state index in [2.05, 4.69) is 0 Å². The van der Waals surface area contributed by atoms with Crippen LogP contribution in [0.3, 0.4) is 0 Å². The van der Waals surface area contributed by atoms with Crippen molar-refractivity contribution in [2.45, 2.75) is 32.6 Å². The van der Waals surface area contributed by atoms with Gasteiger partial charge in [0.2, 0.25) is 0 Å². The number of Topliss-reactive ketones (excluding diaryl/α,β-unsaturated/α-hetero) is 1. The Labute approximate surface area is 82.9 Å². The third kappa shape index (κ3) is 1.45. The number of benzene rings is 1. The maximum Gasteiger partial charge on any atom is 0.163 e. The number of rotatable bonds is 1. The van der Waals surface area contributed by atoms with Gasteiger partial charge in [0.1, 0.15) is 5.82 Å². The van der Waals surface area contributed by atoms with E-state index in [4.69, 9.17) is 0 Å². The first-order chi connectivity index (χ1) is 6.72. The maximum atomic E-state index is 13.5. The van der Waals surface area contributed by atoms with Crippen LogP contribution in [0.25, 0.3) is 0 Å². The molecule has 0 fully saturated rings. The van der Waals surface area contributed by atoms with Gasteiger partial charge in [0, 0.05) is 12.0 Å². The summed E-state index contributed by atoms with van der Waals surface area (Å²) in [6.45, 7) is 1.97. The predicted octanol–water partition coefficient (Wildman–Crippen LogP) is 2.91. The molecular formula is C12H13FO. The second-order valence-electron chi connectivity index (χ2n) is 3.73. The lowest BCUT2D eigenvalue weighted by atomic mass is 9.88. The summed E-state index contributed by atoms with van der Waals surface area (Å²) >= 11 is 0. The number of carbonyl (C=O) groups is 1. The molecule has 2 rings (SSSR count). The fourth-order valence-corrected chi connectivity index (χ4v) is 1.96. The van der Waals surface area contributed by atoms with Gasteiger partial charge in [0.25, 0.3) is 0 Å². The highest BCUT2D eigenvalue weighted by atomic mass is 19.1. The Morgan fingerprint density at radius 2 is 2.14 bits per heavy atom. The van der Waals surface area contributed by atoms with E-state index >= 15 is 0 Å². The Kier molecular flexibility index (Phi) is 2.36. The highest BCUT2D eigenvalue weighted by molar-refractivity contribution is 5.98. The maximum absolute atomic E-state index is 13.5. The van der Waals surface area contributed by atoms with Crippen LogP contribution in [0.1, 0.15) is 41.3 Å². The van der Waals surface area contributed by atoms with Crippen molar-refractivity contribution in [1.82, 2.24) is 0 Å². The van der Waals surface area contributed by atoms with Crippen molar-refractivity contribution >= 4 is 5.78 Å². The Bertz CT molecular complexity index is 382. The molecular weight excluding hydrogens is 179 g/mol. The van der Waals surface area contributed by atoms with E-state index in [1.807, 2.05) is 13.0 Å². The monoisotopic (exact) mass is 192 g/mol. The molecule has 0 bridgehead atoms. The summed E-state index contributed by atoms with van der Waals surface area (Å²) in [7, 11) is 0. The van der Waals surface area contributed by atoms with Crippen molar-refractivity contribution in [1.29, 1.82) is 0 Å². The van der Waals surface area contributed by atoms with Crippen LogP contribution in [0.2, 0.25) is 0 Å². The summed E-state index contributed by atoms with van der Waals surface area (Å²) in [5.74, 6) is -0.104. The van der Waals surface area contributed by atoms with Gasteiger partial charge in [-0.25, -0.2) is 4.39 Å². The highest BCUT2D eigenvalue weighted by Gasteiger charge is 2.20. The molecule has 0 atom stereocenters. The molecule has 1 aliphatic carbocycles. The van der Waals surface area contributed by atoms with E-state index < -0.39 is 0 Å². The lowest BCUT2D eigenvalue weighted by molar-refractivity contribution is 0.0971. The average Bonchev–Trinajstić information content (AvgIpc) is 2.19. The molecule has 0 aromatic heterocycles. The van der Waals surface area contributed by atoms with E-state index in [0.717, 1.165) is 18.4 Å². The lowest BCUT2D eigenvalue weighted by Crippen LogP contribution is -2.13. The summed E-state index contributed by atoms with van der Waals surface area (Å²) in [6, 6.07) is 3.40. The Morgan fingerprint density at radius 1 is 1.36 bits per heavy atom. The minimum atomic E-state index is -0.201. The number of fused-ring (bicyclic) bond motifs is 1. The van der Waals surface area contributed by atoms with Crippen molar-refractivity contribution < 1.29 is 9.18 Å². The van der Waals surface area contributed by atoms with Gasteiger partial charge in [-0.2, -0.15) is 0 Å². The van der Waals surface area contributed by atoms with Crippen LogP contribution in [0, 0.1) is 5.82 Å². The number of halogens is 1. The smallest absolute Gasteiger partial charge is 0.163 e. The summed E-state index contributed by atoms with van der Waals surface area (Å²) < 4.78 is 13.5. The molecule has 0 unspecified atom stereocenters.